The zero-order chi connectivity index (χ0) is 20.2. The second-order valence-corrected chi connectivity index (χ2v) is 6.02. The Morgan fingerprint density at radius 1 is 1.19 bits per heavy atom. The number of nitrogens with zero attached hydrogens (tertiary/aromatic N) is 1. The summed E-state index contributed by atoms with van der Waals surface area (Å²) in [5.74, 6) is -4.19. The van der Waals surface area contributed by atoms with Gasteiger partial charge in [0, 0.05) is 24.8 Å². The van der Waals surface area contributed by atoms with Crippen LogP contribution >= 0.6 is 0 Å². The third-order valence-corrected chi connectivity index (χ3v) is 3.86. The number of carbonyl (C=O) groups excluding carboxylic acids is 2. The molecule has 1 saturated heterocycles. The first-order valence-electron chi connectivity index (χ1n) is 7.92. The largest absolute Gasteiger partial charge is 0.484 e. The van der Waals surface area contributed by atoms with Crippen LogP contribution in [0.1, 0.15) is 12.8 Å². The molecule has 11 heteroatoms. The van der Waals surface area contributed by atoms with Crippen LogP contribution in [0.3, 0.4) is 0 Å². The van der Waals surface area contributed by atoms with Crippen molar-refractivity contribution in [2.75, 3.05) is 25.0 Å². The molecule has 1 fully saturated rings. The number of hydrogen-bond donors (Lipinski definition) is 1. The molecular weight excluding hydrogens is 382 g/mol. The Kier molecular flexibility index (Phi) is 6.22. The van der Waals surface area contributed by atoms with Gasteiger partial charge in [0.15, 0.2) is 6.61 Å². The highest BCUT2D eigenvalue weighted by atomic mass is 19.4. The fraction of sp³-hybridized carbons (Fsp3) is 0.500. The summed E-state index contributed by atoms with van der Waals surface area (Å²) in [6, 6.07) is 4.90. The van der Waals surface area contributed by atoms with E-state index in [0.29, 0.717) is 0 Å². The first-order valence-corrected chi connectivity index (χ1v) is 7.92. The van der Waals surface area contributed by atoms with Crippen LogP contribution < -0.4 is 10.1 Å². The molecule has 0 saturated carbocycles. The number of ether oxygens (including phenoxy) is 1. The van der Waals surface area contributed by atoms with Crippen molar-refractivity contribution in [1.29, 1.82) is 0 Å². The van der Waals surface area contributed by atoms with E-state index in [4.69, 9.17) is 0 Å². The van der Waals surface area contributed by atoms with Crippen LogP contribution in [0.25, 0.3) is 0 Å². The van der Waals surface area contributed by atoms with Crippen molar-refractivity contribution in [2.24, 2.45) is 5.92 Å². The van der Waals surface area contributed by atoms with Crippen LogP contribution in [0.15, 0.2) is 24.3 Å². The topological polar surface area (TPSA) is 58.6 Å². The number of hydrogen-bond acceptors (Lipinski definition) is 3. The Morgan fingerprint density at radius 2 is 1.89 bits per heavy atom. The molecule has 1 heterocycles. The van der Waals surface area contributed by atoms with E-state index in [-0.39, 0.29) is 30.8 Å². The summed E-state index contributed by atoms with van der Waals surface area (Å²) >= 11 is 0. The van der Waals surface area contributed by atoms with Crippen LogP contribution in [-0.2, 0) is 9.59 Å². The molecule has 2 rings (SSSR count). The van der Waals surface area contributed by atoms with Gasteiger partial charge in [0.05, 0.1) is 5.92 Å². The van der Waals surface area contributed by atoms with Crippen molar-refractivity contribution in [2.45, 2.75) is 25.2 Å². The van der Waals surface area contributed by atoms with E-state index in [9.17, 15) is 35.9 Å². The SMILES string of the molecule is O=C(Nc1cccc(OCC(F)(F)F)c1)C(=O)N1CCCC(C(F)(F)F)C1. The number of carbonyl (C=O) groups is 2. The first-order chi connectivity index (χ1) is 12.5. The summed E-state index contributed by atoms with van der Waals surface area (Å²) in [4.78, 5) is 24.9. The number of likely N-dealkylation sites (tertiary alicyclic amines) is 1. The van der Waals surface area contributed by atoms with E-state index >= 15 is 0 Å². The van der Waals surface area contributed by atoms with Crippen molar-refractivity contribution in [3.05, 3.63) is 24.3 Å². The smallest absolute Gasteiger partial charge is 0.422 e. The van der Waals surface area contributed by atoms with Gasteiger partial charge in [-0.15, -0.1) is 0 Å². The van der Waals surface area contributed by atoms with E-state index < -0.39 is 43.2 Å². The number of nitrogens with one attached hydrogen (secondary N) is 1. The van der Waals surface area contributed by atoms with Crippen molar-refractivity contribution >= 4 is 17.5 Å². The third-order valence-electron chi connectivity index (χ3n) is 3.86. The average Bonchev–Trinajstić information content (AvgIpc) is 2.58. The molecule has 1 N–H and O–H groups in total. The van der Waals surface area contributed by atoms with E-state index in [1.165, 1.54) is 18.2 Å². The predicted molar refractivity (Wildman–Crippen MR) is 82.0 cm³/mol. The summed E-state index contributed by atoms with van der Waals surface area (Å²) in [5, 5.41) is 2.16. The van der Waals surface area contributed by atoms with Crippen molar-refractivity contribution in [3.63, 3.8) is 0 Å². The highest BCUT2D eigenvalue weighted by Crippen LogP contribution is 2.33. The molecule has 0 spiro atoms. The Bertz CT molecular complexity index is 689. The lowest BCUT2D eigenvalue weighted by atomic mass is 9.97. The van der Waals surface area contributed by atoms with E-state index in [0.717, 1.165) is 11.0 Å². The highest BCUT2D eigenvalue weighted by Gasteiger charge is 2.43. The lowest BCUT2D eigenvalue weighted by Crippen LogP contribution is -2.48. The maximum absolute atomic E-state index is 12.8. The minimum atomic E-state index is -4.54. The highest BCUT2D eigenvalue weighted by molar-refractivity contribution is 6.39. The van der Waals surface area contributed by atoms with Gasteiger partial charge < -0.3 is 15.0 Å². The summed E-state index contributed by atoms with van der Waals surface area (Å²) in [7, 11) is 0. The molecule has 0 bridgehead atoms. The summed E-state index contributed by atoms with van der Waals surface area (Å²) < 4.78 is 79.4. The molecule has 0 radical (unpaired) electrons. The molecule has 1 unspecified atom stereocenters. The van der Waals surface area contributed by atoms with Crippen molar-refractivity contribution < 1.29 is 40.7 Å². The monoisotopic (exact) mass is 398 g/mol. The van der Waals surface area contributed by atoms with Gasteiger partial charge in [0.1, 0.15) is 5.75 Å². The molecule has 0 aromatic heterocycles. The summed E-state index contributed by atoms with van der Waals surface area (Å²) in [6.45, 7) is -2.12. The molecule has 5 nitrogen and oxygen atoms in total. The second-order valence-electron chi connectivity index (χ2n) is 6.02. The maximum Gasteiger partial charge on any atom is 0.422 e. The molecule has 27 heavy (non-hydrogen) atoms. The molecular formula is C16H16F6N2O3. The van der Waals surface area contributed by atoms with Crippen LogP contribution in [0.5, 0.6) is 5.75 Å². The minimum absolute atomic E-state index is 0.0163. The number of alkyl halides is 6. The summed E-state index contributed by atoms with van der Waals surface area (Å²) in [5.41, 5.74) is -0.0163. The Hall–Kier alpha value is -2.46. The van der Waals surface area contributed by atoms with Crippen LogP contribution in [0, 0.1) is 5.92 Å². The first kappa shape index (κ1) is 20.8. The predicted octanol–water partition coefficient (Wildman–Crippen LogP) is 3.37. The quantitative estimate of drug-likeness (QED) is 0.628. The average molecular weight is 398 g/mol. The van der Waals surface area contributed by atoms with Crippen LogP contribution in [0.2, 0.25) is 0 Å². The molecule has 150 valence electrons. The third kappa shape index (κ3) is 6.33. The van der Waals surface area contributed by atoms with E-state index in [1.807, 2.05) is 0 Å². The van der Waals surface area contributed by atoms with Gasteiger partial charge in [0.25, 0.3) is 0 Å². The fourth-order valence-electron chi connectivity index (χ4n) is 2.59. The Labute approximate surface area is 150 Å². The Balaban J connectivity index is 1.97. The number of benzene rings is 1. The molecule has 1 atom stereocenters. The number of rotatable bonds is 3. The normalized spacial score (nSPS) is 18.1. The molecule has 1 aliphatic heterocycles. The number of amides is 2. The van der Waals surface area contributed by atoms with Crippen LogP contribution in [-0.4, -0.2) is 48.8 Å². The van der Waals surface area contributed by atoms with Gasteiger partial charge in [-0.2, -0.15) is 26.3 Å². The molecule has 0 aliphatic carbocycles. The van der Waals surface area contributed by atoms with Gasteiger partial charge in [-0.3, -0.25) is 9.59 Å². The fourth-order valence-corrected chi connectivity index (χ4v) is 2.59. The second kappa shape index (κ2) is 8.05. The lowest BCUT2D eigenvalue weighted by molar-refractivity contribution is -0.188. The van der Waals surface area contributed by atoms with E-state index in [1.54, 1.807) is 0 Å². The maximum atomic E-state index is 12.8. The number of piperidine rings is 1. The molecule has 1 aromatic carbocycles. The van der Waals surface area contributed by atoms with Gasteiger partial charge in [-0.1, -0.05) is 6.07 Å². The molecule has 2 amide bonds. The minimum Gasteiger partial charge on any atom is -0.484 e. The van der Waals surface area contributed by atoms with Gasteiger partial charge in [-0.25, -0.2) is 0 Å². The van der Waals surface area contributed by atoms with Gasteiger partial charge >= 0.3 is 24.2 Å². The Morgan fingerprint density at radius 3 is 2.52 bits per heavy atom. The van der Waals surface area contributed by atoms with Gasteiger partial charge in [0.2, 0.25) is 0 Å². The van der Waals surface area contributed by atoms with E-state index in [2.05, 4.69) is 10.1 Å². The molecule has 1 aliphatic rings. The van der Waals surface area contributed by atoms with Crippen molar-refractivity contribution in [3.8, 4) is 5.75 Å². The zero-order valence-corrected chi connectivity index (χ0v) is 13.9. The van der Waals surface area contributed by atoms with Crippen molar-refractivity contribution in [1.82, 2.24) is 4.90 Å². The van der Waals surface area contributed by atoms with Crippen LogP contribution in [0.4, 0.5) is 32.0 Å². The zero-order valence-electron chi connectivity index (χ0n) is 13.9. The summed E-state index contributed by atoms with van der Waals surface area (Å²) in [6.07, 6.45) is -9.00. The van der Waals surface area contributed by atoms with Gasteiger partial charge in [-0.05, 0) is 25.0 Å². The lowest BCUT2D eigenvalue weighted by Gasteiger charge is -2.33. The number of halogens is 6. The number of anilines is 1. The molecule has 1 aromatic rings. The standard InChI is InChI=1S/C16H16F6N2O3/c17-15(18,19)9-27-12-5-1-4-11(7-12)23-13(25)14(26)24-6-2-3-10(8-24)16(20,21)22/h1,4-5,7,10H,2-3,6,8-9H2,(H,23,25).